The van der Waals surface area contributed by atoms with Crippen LogP contribution in [0.25, 0.3) is 6.08 Å². The number of ether oxygens (including phenoxy) is 2. The number of piperidine rings is 1. The molecule has 0 bridgehead atoms. The number of rotatable bonds is 6. The highest BCUT2D eigenvalue weighted by atomic mass is 19.1. The summed E-state index contributed by atoms with van der Waals surface area (Å²) in [6.45, 7) is 6.38. The van der Waals surface area contributed by atoms with E-state index in [0.717, 1.165) is 5.56 Å². The summed E-state index contributed by atoms with van der Waals surface area (Å²) in [6.07, 6.45) is 3.12. The van der Waals surface area contributed by atoms with Crippen LogP contribution in [0, 0.1) is 17.1 Å². The molecule has 0 radical (unpaired) electrons. The first-order valence-corrected chi connectivity index (χ1v) is 11.6. The predicted molar refractivity (Wildman–Crippen MR) is 132 cm³/mol. The molecule has 0 spiro atoms. The summed E-state index contributed by atoms with van der Waals surface area (Å²) in [5, 5.41) is 19.5. The van der Waals surface area contributed by atoms with Gasteiger partial charge in [-0.05, 0) is 50.1 Å². The molecule has 0 aromatic heterocycles. The number of anilines is 1. The third-order valence-corrected chi connectivity index (χ3v) is 5.54. The zero-order valence-corrected chi connectivity index (χ0v) is 20.3. The molecule has 1 amide bonds. The minimum atomic E-state index is -0.863. The molecule has 1 aliphatic heterocycles. The van der Waals surface area contributed by atoms with E-state index in [9.17, 15) is 14.3 Å². The van der Waals surface area contributed by atoms with E-state index in [2.05, 4.69) is 6.07 Å². The monoisotopic (exact) mass is 481 g/mol. The lowest BCUT2D eigenvalue weighted by Crippen LogP contribution is -2.44. The molecular weight excluding hydrogens is 449 g/mol. The van der Waals surface area contributed by atoms with E-state index < -0.39 is 17.5 Å². The second-order valence-corrected chi connectivity index (χ2v) is 9.63. The van der Waals surface area contributed by atoms with Gasteiger partial charge in [-0.1, -0.05) is 24.3 Å². The number of nitrogens with two attached hydrogens (primary N) is 1. The second kappa shape index (κ2) is 11.2. The Balaban J connectivity index is 1.60. The van der Waals surface area contributed by atoms with Crippen molar-refractivity contribution in [3.8, 4) is 11.8 Å². The smallest absolute Gasteiger partial charge is 0.410 e. The highest BCUT2D eigenvalue weighted by Crippen LogP contribution is 2.28. The van der Waals surface area contributed by atoms with Crippen LogP contribution in [0.15, 0.2) is 42.5 Å². The molecule has 1 saturated heterocycles. The van der Waals surface area contributed by atoms with Gasteiger partial charge >= 0.3 is 6.09 Å². The Morgan fingerprint density at radius 2 is 2.03 bits per heavy atom. The Morgan fingerprint density at radius 1 is 1.31 bits per heavy atom. The summed E-state index contributed by atoms with van der Waals surface area (Å²) in [4.78, 5) is 13.9. The Bertz CT molecular complexity index is 1110. The van der Waals surface area contributed by atoms with Gasteiger partial charge in [-0.15, -0.1) is 0 Å². The van der Waals surface area contributed by atoms with Gasteiger partial charge in [0.15, 0.2) is 11.6 Å². The van der Waals surface area contributed by atoms with Crippen molar-refractivity contribution in [1.82, 2.24) is 4.90 Å². The summed E-state index contributed by atoms with van der Waals surface area (Å²) in [6, 6.07) is 11.8. The van der Waals surface area contributed by atoms with Crippen molar-refractivity contribution in [3.63, 3.8) is 0 Å². The molecule has 2 aromatic carbocycles. The largest absolute Gasteiger partial charge is 0.487 e. The Morgan fingerprint density at radius 3 is 2.69 bits per heavy atom. The molecule has 1 unspecified atom stereocenters. The molecule has 0 saturated carbocycles. The van der Waals surface area contributed by atoms with Gasteiger partial charge in [0.1, 0.15) is 11.7 Å². The third kappa shape index (κ3) is 7.72. The van der Waals surface area contributed by atoms with Crippen LogP contribution in [0.5, 0.6) is 5.75 Å². The van der Waals surface area contributed by atoms with Crippen LogP contribution in [0.3, 0.4) is 0 Å². The molecule has 35 heavy (non-hydrogen) atoms. The number of likely N-dealkylation sites (tertiary alicyclic amines) is 1. The van der Waals surface area contributed by atoms with Crippen LogP contribution in [0.2, 0.25) is 0 Å². The quantitative estimate of drug-likeness (QED) is 0.580. The number of hydrogen-bond acceptors (Lipinski definition) is 6. The molecule has 2 aromatic rings. The molecule has 7 nitrogen and oxygen atoms in total. The van der Waals surface area contributed by atoms with Crippen LogP contribution in [-0.4, -0.2) is 47.0 Å². The molecule has 3 N–H and O–H groups in total. The average Bonchev–Trinajstić information content (AvgIpc) is 2.80. The lowest BCUT2D eigenvalue weighted by Gasteiger charge is -2.33. The summed E-state index contributed by atoms with van der Waals surface area (Å²) >= 11 is 0. The van der Waals surface area contributed by atoms with Crippen molar-refractivity contribution in [1.29, 1.82) is 5.26 Å². The number of aliphatic hydroxyl groups is 1. The normalized spacial score (nSPS) is 15.6. The summed E-state index contributed by atoms with van der Waals surface area (Å²) in [5.41, 5.74) is 7.55. The van der Waals surface area contributed by atoms with E-state index in [-0.39, 0.29) is 30.1 Å². The number of nitrogens with zero attached hydrogens (tertiary/aromatic N) is 2. The number of carbonyl (C=O) groups excluding carboxylic acids is 1. The van der Waals surface area contributed by atoms with Gasteiger partial charge in [0.2, 0.25) is 0 Å². The molecule has 1 aliphatic rings. The molecule has 1 atom stereocenters. The molecule has 0 aliphatic carbocycles. The van der Waals surface area contributed by atoms with Crippen molar-refractivity contribution < 1.29 is 23.8 Å². The SMILES string of the molecule is CC(C)(C)OC(=O)N1CCC(Oc2cc(CC(O)/C=C/c3cccc(C#N)c3)c(N)cc2F)CC1. The van der Waals surface area contributed by atoms with E-state index in [1.165, 1.54) is 12.1 Å². The Hall–Kier alpha value is -3.57. The maximum absolute atomic E-state index is 14.6. The van der Waals surface area contributed by atoms with E-state index in [1.54, 1.807) is 35.3 Å². The highest BCUT2D eigenvalue weighted by Gasteiger charge is 2.28. The van der Waals surface area contributed by atoms with Crippen LogP contribution in [0.1, 0.15) is 50.3 Å². The lowest BCUT2D eigenvalue weighted by molar-refractivity contribution is 0.0123. The fraction of sp³-hybridized carbons (Fsp3) is 0.407. The topological polar surface area (TPSA) is 109 Å². The van der Waals surface area contributed by atoms with E-state index in [4.69, 9.17) is 20.5 Å². The lowest BCUT2D eigenvalue weighted by atomic mass is 10.0. The number of benzene rings is 2. The third-order valence-electron chi connectivity index (χ3n) is 5.54. The highest BCUT2D eigenvalue weighted by molar-refractivity contribution is 5.68. The summed E-state index contributed by atoms with van der Waals surface area (Å²) in [5.74, 6) is -0.498. The average molecular weight is 482 g/mol. The maximum Gasteiger partial charge on any atom is 0.410 e. The first-order chi connectivity index (χ1) is 16.5. The Kier molecular flexibility index (Phi) is 8.36. The summed E-state index contributed by atoms with van der Waals surface area (Å²) < 4.78 is 25.9. The van der Waals surface area contributed by atoms with Gasteiger partial charge in [0.05, 0.1) is 17.7 Å². The predicted octanol–water partition coefficient (Wildman–Crippen LogP) is 4.67. The van der Waals surface area contributed by atoms with E-state index in [1.807, 2.05) is 26.8 Å². The molecule has 3 rings (SSSR count). The van der Waals surface area contributed by atoms with E-state index >= 15 is 0 Å². The fourth-order valence-electron chi connectivity index (χ4n) is 3.77. The first-order valence-electron chi connectivity index (χ1n) is 11.6. The van der Waals surface area contributed by atoms with Crippen LogP contribution in [0.4, 0.5) is 14.9 Å². The van der Waals surface area contributed by atoms with Crippen molar-refractivity contribution in [2.24, 2.45) is 0 Å². The van der Waals surface area contributed by atoms with Crippen LogP contribution >= 0.6 is 0 Å². The number of halogens is 1. The molecular formula is C27H32FN3O4. The number of amides is 1. The molecule has 1 heterocycles. The summed E-state index contributed by atoms with van der Waals surface area (Å²) in [7, 11) is 0. The van der Waals surface area contributed by atoms with Crippen molar-refractivity contribution >= 4 is 17.9 Å². The van der Waals surface area contributed by atoms with Gasteiger partial charge in [0, 0.05) is 44.1 Å². The van der Waals surface area contributed by atoms with Crippen molar-refractivity contribution in [2.75, 3.05) is 18.8 Å². The second-order valence-electron chi connectivity index (χ2n) is 9.63. The number of aliphatic hydroxyl groups excluding tert-OH is 1. The molecule has 1 fully saturated rings. The van der Waals surface area contributed by atoms with Gasteiger partial charge < -0.3 is 25.2 Å². The Labute approximate surface area is 205 Å². The van der Waals surface area contributed by atoms with Crippen LogP contribution < -0.4 is 10.5 Å². The zero-order chi connectivity index (χ0) is 25.6. The minimum absolute atomic E-state index is 0.0721. The van der Waals surface area contributed by atoms with Crippen molar-refractivity contribution in [3.05, 3.63) is 65.0 Å². The molecule has 186 valence electrons. The van der Waals surface area contributed by atoms with Crippen molar-refractivity contribution in [2.45, 2.75) is 57.8 Å². The number of nitrogen functional groups attached to an aromatic ring is 1. The molecule has 8 heteroatoms. The number of carbonyl (C=O) groups is 1. The van der Waals surface area contributed by atoms with Gasteiger partial charge in [-0.25, -0.2) is 9.18 Å². The standard InChI is InChI=1S/C27H32FN3O4/c1-27(2,3)35-26(33)31-11-9-22(10-12-31)34-25-15-20(24(30)16-23(25)28)14-21(32)8-7-18-5-4-6-19(13-18)17-29/h4-8,13,15-16,21-22,32H,9-12,14,30H2,1-3H3/b8-7+. The van der Waals surface area contributed by atoms with Gasteiger partial charge in [-0.3, -0.25) is 0 Å². The maximum atomic E-state index is 14.6. The minimum Gasteiger partial charge on any atom is -0.487 e. The fourth-order valence-corrected chi connectivity index (χ4v) is 3.77. The van der Waals surface area contributed by atoms with Crippen LogP contribution in [-0.2, 0) is 11.2 Å². The number of hydrogen-bond donors (Lipinski definition) is 2. The van der Waals surface area contributed by atoms with Gasteiger partial charge in [0.25, 0.3) is 0 Å². The van der Waals surface area contributed by atoms with E-state index in [0.29, 0.717) is 37.1 Å². The first kappa shape index (κ1) is 26.0. The van der Waals surface area contributed by atoms with Gasteiger partial charge in [-0.2, -0.15) is 5.26 Å². The number of nitriles is 1. The zero-order valence-electron chi connectivity index (χ0n) is 20.3.